The van der Waals surface area contributed by atoms with Crippen molar-refractivity contribution in [2.75, 3.05) is 0 Å². The number of benzene rings is 2. The summed E-state index contributed by atoms with van der Waals surface area (Å²) in [4.78, 5) is 27.5. The lowest BCUT2D eigenvalue weighted by Gasteiger charge is -2.17. The molecular weight excluding hydrogens is 373 g/mol. The third-order valence-corrected chi connectivity index (χ3v) is 4.55. The van der Waals surface area contributed by atoms with Gasteiger partial charge in [-0.1, -0.05) is 47.5 Å². The molecule has 0 saturated heterocycles. The van der Waals surface area contributed by atoms with E-state index in [1.807, 2.05) is 0 Å². The van der Waals surface area contributed by atoms with E-state index in [1.165, 1.54) is 0 Å². The Bertz CT molecular complexity index is 972. The molecular formula is C19H13Cl2N3O2. The Balaban J connectivity index is 2.12. The fourth-order valence-corrected chi connectivity index (χ4v) is 3.33. The Hall–Kier alpha value is -2.76. The number of aromatic nitrogens is 1. The van der Waals surface area contributed by atoms with Crippen LogP contribution >= 0.6 is 23.2 Å². The average Bonchev–Trinajstić information content (AvgIpc) is 2.64. The summed E-state index contributed by atoms with van der Waals surface area (Å²) in [5.41, 5.74) is 8.00. The van der Waals surface area contributed by atoms with Crippen molar-refractivity contribution in [1.29, 1.82) is 0 Å². The molecule has 1 heterocycles. The maximum Gasteiger partial charge on any atom is 0.231 e. The molecule has 3 rings (SSSR count). The summed E-state index contributed by atoms with van der Waals surface area (Å²) in [6.45, 7) is 0. The van der Waals surface area contributed by atoms with Crippen LogP contribution in [0.15, 0.2) is 65.8 Å². The van der Waals surface area contributed by atoms with Crippen LogP contribution < -0.4 is 5.73 Å². The number of pyridine rings is 1. The number of nitroso groups, excluding NO2 is 1. The molecule has 0 spiro atoms. The van der Waals surface area contributed by atoms with Gasteiger partial charge in [-0.3, -0.25) is 9.78 Å². The maximum atomic E-state index is 12.2. The van der Waals surface area contributed by atoms with Crippen LogP contribution in [0.1, 0.15) is 17.2 Å². The van der Waals surface area contributed by atoms with Gasteiger partial charge < -0.3 is 5.73 Å². The minimum atomic E-state index is -0.900. The zero-order valence-corrected chi connectivity index (χ0v) is 14.9. The van der Waals surface area contributed by atoms with E-state index in [1.54, 1.807) is 60.7 Å². The molecule has 0 saturated carbocycles. The molecule has 0 bridgehead atoms. The first-order valence-corrected chi connectivity index (χ1v) is 8.41. The van der Waals surface area contributed by atoms with Crippen LogP contribution in [0.3, 0.4) is 0 Å². The molecule has 26 heavy (non-hydrogen) atoms. The van der Waals surface area contributed by atoms with E-state index in [2.05, 4.69) is 10.2 Å². The third kappa shape index (κ3) is 3.59. The van der Waals surface area contributed by atoms with Gasteiger partial charge in [0.05, 0.1) is 11.4 Å². The number of nitrogens with zero attached hydrogens (tertiary/aromatic N) is 2. The van der Waals surface area contributed by atoms with E-state index < -0.39 is 11.8 Å². The first-order valence-electron chi connectivity index (χ1n) is 7.65. The summed E-state index contributed by atoms with van der Waals surface area (Å²) in [6, 6.07) is 16.9. The third-order valence-electron chi connectivity index (χ3n) is 3.89. The molecule has 0 fully saturated rings. The second-order valence-corrected chi connectivity index (χ2v) is 6.37. The number of rotatable bonds is 5. The molecule has 5 nitrogen and oxygen atoms in total. The summed E-state index contributed by atoms with van der Waals surface area (Å²) in [6.07, 6.45) is 0. The summed E-state index contributed by atoms with van der Waals surface area (Å²) < 4.78 is 0. The molecule has 1 amide bonds. The normalized spacial score (nSPS) is 11.8. The Labute approximate surface area is 159 Å². The molecule has 2 aromatic carbocycles. The Morgan fingerprint density at radius 1 is 1.00 bits per heavy atom. The lowest BCUT2D eigenvalue weighted by Crippen LogP contribution is -2.24. The van der Waals surface area contributed by atoms with Gasteiger partial charge in [0.2, 0.25) is 5.91 Å². The van der Waals surface area contributed by atoms with Gasteiger partial charge in [0.1, 0.15) is 11.6 Å². The number of hydrogen-bond acceptors (Lipinski definition) is 4. The van der Waals surface area contributed by atoms with Crippen LogP contribution in [0.5, 0.6) is 0 Å². The SMILES string of the molecule is NC(=O)C(c1cccc(-c2cccc(N=O)c2)n1)c1c(Cl)cccc1Cl. The van der Waals surface area contributed by atoms with Gasteiger partial charge in [-0.15, -0.1) is 4.91 Å². The second-order valence-electron chi connectivity index (χ2n) is 5.56. The number of nitrogens with two attached hydrogens (primary N) is 1. The predicted molar refractivity (Wildman–Crippen MR) is 103 cm³/mol. The van der Waals surface area contributed by atoms with E-state index in [9.17, 15) is 9.70 Å². The smallest absolute Gasteiger partial charge is 0.231 e. The van der Waals surface area contributed by atoms with Crippen molar-refractivity contribution in [1.82, 2.24) is 4.98 Å². The van der Waals surface area contributed by atoms with Crippen molar-refractivity contribution in [3.05, 3.63) is 86.9 Å². The van der Waals surface area contributed by atoms with Crippen LogP contribution in [0.2, 0.25) is 10.0 Å². The number of amides is 1. The largest absolute Gasteiger partial charge is 0.369 e. The van der Waals surface area contributed by atoms with Gasteiger partial charge in [-0.2, -0.15) is 0 Å². The Morgan fingerprint density at radius 3 is 2.31 bits per heavy atom. The van der Waals surface area contributed by atoms with E-state index in [-0.39, 0.29) is 5.69 Å². The Morgan fingerprint density at radius 2 is 1.65 bits per heavy atom. The molecule has 1 unspecified atom stereocenters. The lowest BCUT2D eigenvalue weighted by atomic mass is 9.93. The molecule has 2 N–H and O–H groups in total. The minimum absolute atomic E-state index is 0.287. The van der Waals surface area contributed by atoms with Crippen molar-refractivity contribution in [2.24, 2.45) is 10.9 Å². The van der Waals surface area contributed by atoms with Crippen molar-refractivity contribution in [3.8, 4) is 11.3 Å². The first kappa shape index (κ1) is 18.0. The fourth-order valence-electron chi connectivity index (χ4n) is 2.72. The zero-order valence-electron chi connectivity index (χ0n) is 13.4. The van der Waals surface area contributed by atoms with Gasteiger partial charge in [-0.05, 0) is 41.6 Å². The highest BCUT2D eigenvalue weighted by Gasteiger charge is 2.26. The molecule has 0 radical (unpaired) electrons. The zero-order chi connectivity index (χ0) is 18.7. The first-order chi connectivity index (χ1) is 12.5. The summed E-state index contributed by atoms with van der Waals surface area (Å²) in [7, 11) is 0. The molecule has 3 aromatic rings. The lowest BCUT2D eigenvalue weighted by molar-refractivity contribution is -0.118. The summed E-state index contributed by atoms with van der Waals surface area (Å²) >= 11 is 12.5. The van der Waals surface area contributed by atoms with Crippen LogP contribution in [-0.4, -0.2) is 10.9 Å². The van der Waals surface area contributed by atoms with Gasteiger partial charge in [-0.25, -0.2) is 0 Å². The molecule has 1 aromatic heterocycles. The van der Waals surface area contributed by atoms with E-state index in [4.69, 9.17) is 28.9 Å². The highest BCUT2D eigenvalue weighted by molar-refractivity contribution is 6.36. The van der Waals surface area contributed by atoms with Crippen molar-refractivity contribution in [3.63, 3.8) is 0 Å². The number of carbonyl (C=O) groups excluding carboxylic acids is 1. The summed E-state index contributed by atoms with van der Waals surface area (Å²) in [5.74, 6) is -1.52. The Kier molecular flexibility index (Phi) is 5.30. The summed E-state index contributed by atoms with van der Waals surface area (Å²) in [5, 5.41) is 3.59. The number of halogens is 2. The highest BCUT2D eigenvalue weighted by atomic mass is 35.5. The van der Waals surface area contributed by atoms with Crippen LogP contribution in [0.25, 0.3) is 11.3 Å². The van der Waals surface area contributed by atoms with E-state index >= 15 is 0 Å². The van der Waals surface area contributed by atoms with E-state index in [0.29, 0.717) is 32.6 Å². The topological polar surface area (TPSA) is 85.4 Å². The van der Waals surface area contributed by atoms with Crippen molar-refractivity contribution in [2.45, 2.75) is 5.92 Å². The standard InChI is InChI=1S/C19H13Cl2N3O2/c20-13-6-2-7-14(21)17(13)18(19(22)25)16-9-3-8-15(23-16)11-4-1-5-12(10-11)24-26/h1-10,18H,(H2,22,25). The quantitative estimate of drug-likeness (QED) is 0.621. The molecule has 0 aliphatic rings. The monoisotopic (exact) mass is 385 g/mol. The predicted octanol–water partition coefficient (Wildman–Crippen LogP) is 5.07. The van der Waals surface area contributed by atoms with Crippen molar-refractivity contribution < 1.29 is 4.79 Å². The van der Waals surface area contributed by atoms with Gasteiger partial charge >= 0.3 is 0 Å². The van der Waals surface area contributed by atoms with Crippen molar-refractivity contribution >= 4 is 34.8 Å². The second kappa shape index (κ2) is 7.64. The molecule has 130 valence electrons. The van der Waals surface area contributed by atoms with Gasteiger partial charge in [0.25, 0.3) is 0 Å². The van der Waals surface area contributed by atoms with Gasteiger partial charge in [0.15, 0.2) is 0 Å². The van der Waals surface area contributed by atoms with E-state index in [0.717, 1.165) is 0 Å². The maximum absolute atomic E-state index is 12.2. The van der Waals surface area contributed by atoms with Crippen LogP contribution in [0, 0.1) is 4.91 Å². The molecule has 0 aliphatic heterocycles. The number of primary amides is 1. The fraction of sp³-hybridized carbons (Fsp3) is 0.0526. The number of carbonyl (C=O) groups is 1. The van der Waals surface area contributed by atoms with Crippen LogP contribution in [-0.2, 0) is 4.79 Å². The van der Waals surface area contributed by atoms with Gasteiger partial charge in [0, 0.05) is 21.2 Å². The molecule has 1 atom stereocenters. The average molecular weight is 386 g/mol. The molecule has 0 aliphatic carbocycles. The minimum Gasteiger partial charge on any atom is -0.369 e. The van der Waals surface area contributed by atoms with Crippen LogP contribution in [0.4, 0.5) is 5.69 Å². The number of hydrogen-bond donors (Lipinski definition) is 1. The molecule has 7 heteroatoms. The highest BCUT2D eigenvalue weighted by Crippen LogP contribution is 2.35.